The van der Waals surface area contributed by atoms with Crippen LogP contribution < -0.4 is 25.2 Å². The van der Waals surface area contributed by atoms with Gasteiger partial charge in [0.2, 0.25) is 10.0 Å². The lowest BCUT2D eigenvalue weighted by molar-refractivity contribution is -0.136. The monoisotopic (exact) mass is 421 g/mol. The highest BCUT2D eigenvalue weighted by Gasteiger charge is 2.15. The number of nitrogens with two attached hydrogens (primary N) is 1. The molecule has 0 saturated carbocycles. The summed E-state index contributed by atoms with van der Waals surface area (Å²) in [5, 5.41) is 9.98. The summed E-state index contributed by atoms with van der Waals surface area (Å²) in [6.07, 6.45) is 0. The second-order valence-corrected chi connectivity index (χ2v) is 7.41. The molecule has 0 aliphatic rings. The molecule has 0 bridgehead atoms. The number of amides is 2. The zero-order chi connectivity index (χ0) is 21.4. The minimum atomic E-state index is -3.78. The smallest absolute Gasteiger partial charge is 0.313 e. The number of sulfonamides is 1. The number of rotatable bonds is 8. The number of ether oxygens (including phenoxy) is 2. The third-order valence-corrected chi connectivity index (χ3v) is 4.64. The molecular weight excluding hydrogens is 398 g/mol. The van der Waals surface area contributed by atoms with E-state index in [1.165, 1.54) is 24.3 Å². The maximum atomic E-state index is 12.1. The Balaban J connectivity index is 1.96. The Morgan fingerprint density at radius 1 is 0.931 bits per heavy atom. The van der Waals surface area contributed by atoms with Crippen molar-refractivity contribution in [1.82, 2.24) is 5.32 Å². The second kappa shape index (κ2) is 9.89. The van der Waals surface area contributed by atoms with E-state index in [1.54, 1.807) is 18.2 Å². The van der Waals surface area contributed by atoms with E-state index in [1.807, 2.05) is 13.8 Å². The van der Waals surface area contributed by atoms with Crippen LogP contribution in [-0.2, 0) is 26.2 Å². The second-order valence-electron chi connectivity index (χ2n) is 5.85. The van der Waals surface area contributed by atoms with E-state index in [-0.39, 0.29) is 11.4 Å². The molecule has 2 rings (SSSR count). The van der Waals surface area contributed by atoms with Crippen molar-refractivity contribution in [2.45, 2.75) is 25.3 Å². The van der Waals surface area contributed by atoms with Crippen molar-refractivity contribution >= 4 is 27.5 Å². The number of hydrogen-bond donors (Lipinski definition) is 3. The van der Waals surface area contributed by atoms with Crippen LogP contribution in [0.5, 0.6) is 11.5 Å². The normalized spacial score (nSPS) is 10.9. The Kier molecular flexibility index (Phi) is 7.57. The maximum Gasteiger partial charge on any atom is 0.313 e. The first-order chi connectivity index (χ1) is 13.7. The van der Waals surface area contributed by atoms with Gasteiger partial charge in [-0.2, -0.15) is 0 Å². The van der Waals surface area contributed by atoms with Crippen LogP contribution in [0.4, 0.5) is 5.69 Å². The standard InChI is InChI=1S/C19H23N3O6S/c1-3-27-16-10-7-14(11-17(16)28-4-2)22-19(24)18(23)21-12-13-5-8-15(9-6-13)29(20,25)26/h5-11H,3-4,12H2,1-2H3,(H,21,23)(H,22,24)(H2,20,25,26). The first-order valence-corrected chi connectivity index (χ1v) is 10.4. The third-order valence-electron chi connectivity index (χ3n) is 3.71. The fourth-order valence-electron chi connectivity index (χ4n) is 2.38. The highest BCUT2D eigenvalue weighted by atomic mass is 32.2. The Labute approximate surface area is 169 Å². The highest BCUT2D eigenvalue weighted by molar-refractivity contribution is 7.89. The SMILES string of the molecule is CCOc1ccc(NC(=O)C(=O)NCc2ccc(S(N)(=O)=O)cc2)cc1OCC. The van der Waals surface area contributed by atoms with Crippen LogP contribution in [0.1, 0.15) is 19.4 Å². The predicted octanol–water partition coefficient (Wildman–Crippen LogP) is 1.39. The fraction of sp³-hybridized carbons (Fsp3) is 0.263. The molecule has 0 aliphatic carbocycles. The van der Waals surface area contributed by atoms with Gasteiger partial charge in [0.05, 0.1) is 18.1 Å². The molecule has 2 aromatic rings. The molecule has 0 unspecified atom stereocenters. The van der Waals surface area contributed by atoms with Crippen LogP contribution in [-0.4, -0.2) is 33.4 Å². The van der Waals surface area contributed by atoms with E-state index in [4.69, 9.17) is 14.6 Å². The van der Waals surface area contributed by atoms with Gasteiger partial charge in [-0.05, 0) is 43.7 Å². The number of carbonyl (C=O) groups is 2. The quantitative estimate of drug-likeness (QED) is 0.551. The van der Waals surface area contributed by atoms with Gasteiger partial charge in [0.15, 0.2) is 11.5 Å². The maximum absolute atomic E-state index is 12.1. The largest absolute Gasteiger partial charge is 0.490 e. The lowest BCUT2D eigenvalue weighted by Gasteiger charge is -2.13. The number of primary sulfonamides is 1. The van der Waals surface area contributed by atoms with Crippen molar-refractivity contribution in [3.63, 3.8) is 0 Å². The lowest BCUT2D eigenvalue weighted by Crippen LogP contribution is -2.34. The number of nitrogens with one attached hydrogen (secondary N) is 2. The summed E-state index contributed by atoms with van der Waals surface area (Å²) in [5.74, 6) is -0.688. The van der Waals surface area contributed by atoms with E-state index in [9.17, 15) is 18.0 Å². The molecule has 2 aromatic carbocycles. The average Bonchev–Trinajstić information content (AvgIpc) is 2.68. The Hall–Kier alpha value is -3.11. The van der Waals surface area contributed by atoms with Gasteiger partial charge in [-0.25, -0.2) is 13.6 Å². The summed E-state index contributed by atoms with van der Waals surface area (Å²) >= 11 is 0. The first kappa shape index (κ1) is 22.2. The van der Waals surface area contributed by atoms with E-state index in [0.717, 1.165) is 0 Å². The summed E-state index contributed by atoms with van der Waals surface area (Å²) in [6.45, 7) is 4.60. The zero-order valence-electron chi connectivity index (χ0n) is 16.1. The topological polar surface area (TPSA) is 137 Å². The van der Waals surface area contributed by atoms with Gasteiger partial charge in [-0.15, -0.1) is 0 Å². The van der Waals surface area contributed by atoms with Gasteiger partial charge in [0.1, 0.15) is 0 Å². The van der Waals surface area contributed by atoms with Crippen LogP contribution >= 0.6 is 0 Å². The summed E-state index contributed by atoms with van der Waals surface area (Å²) in [6, 6.07) is 10.5. The van der Waals surface area contributed by atoms with Gasteiger partial charge in [0.25, 0.3) is 0 Å². The Morgan fingerprint density at radius 3 is 2.14 bits per heavy atom. The van der Waals surface area contributed by atoms with Crippen molar-refractivity contribution in [2.75, 3.05) is 18.5 Å². The Morgan fingerprint density at radius 2 is 1.55 bits per heavy atom. The summed E-state index contributed by atoms with van der Waals surface area (Å²) in [4.78, 5) is 24.1. The van der Waals surface area contributed by atoms with Crippen LogP contribution in [0, 0.1) is 0 Å². The van der Waals surface area contributed by atoms with E-state index in [0.29, 0.717) is 36.0 Å². The summed E-state index contributed by atoms with van der Waals surface area (Å²) in [5.41, 5.74) is 0.993. The molecule has 0 radical (unpaired) electrons. The van der Waals surface area contributed by atoms with E-state index < -0.39 is 21.8 Å². The molecule has 4 N–H and O–H groups in total. The van der Waals surface area contributed by atoms with Gasteiger partial charge in [-0.3, -0.25) is 9.59 Å². The number of hydrogen-bond acceptors (Lipinski definition) is 6. The van der Waals surface area contributed by atoms with Crippen molar-refractivity contribution in [2.24, 2.45) is 5.14 Å². The first-order valence-electron chi connectivity index (χ1n) is 8.85. The minimum absolute atomic E-state index is 0.0362. The fourth-order valence-corrected chi connectivity index (χ4v) is 2.89. The molecular formula is C19H23N3O6S. The van der Waals surface area contributed by atoms with Crippen LogP contribution in [0.2, 0.25) is 0 Å². The molecule has 0 fully saturated rings. The van der Waals surface area contributed by atoms with Crippen LogP contribution in [0.15, 0.2) is 47.4 Å². The van der Waals surface area contributed by atoms with Crippen molar-refractivity contribution in [3.8, 4) is 11.5 Å². The van der Waals surface area contributed by atoms with Gasteiger partial charge >= 0.3 is 11.8 Å². The van der Waals surface area contributed by atoms with Gasteiger partial charge in [0, 0.05) is 18.3 Å². The van der Waals surface area contributed by atoms with Crippen molar-refractivity contribution in [1.29, 1.82) is 0 Å². The lowest BCUT2D eigenvalue weighted by atomic mass is 10.2. The average molecular weight is 421 g/mol. The molecule has 2 amide bonds. The van der Waals surface area contributed by atoms with Crippen molar-refractivity contribution in [3.05, 3.63) is 48.0 Å². The number of benzene rings is 2. The molecule has 0 heterocycles. The molecule has 0 spiro atoms. The van der Waals surface area contributed by atoms with Crippen LogP contribution in [0.25, 0.3) is 0 Å². The minimum Gasteiger partial charge on any atom is -0.490 e. The molecule has 0 aromatic heterocycles. The van der Waals surface area contributed by atoms with Gasteiger partial charge < -0.3 is 20.1 Å². The summed E-state index contributed by atoms with van der Waals surface area (Å²) in [7, 11) is -3.78. The molecule has 9 nitrogen and oxygen atoms in total. The van der Waals surface area contributed by atoms with Gasteiger partial charge in [-0.1, -0.05) is 12.1 Å². The molecule has 156 valence electrons. The molecule has 10 heteroatoms. The zero-order valence-corrected chi connectivity index (χ0v) is 16.9. The summed E-state index contributed by atoms with van der Waals surface area (Å²) < 4.78 is 33.4. The van der Waals surface area contributed by atoms with E-state index in [2.05, 4.69) is 10.6 Å². The molecule has 29 heavy (non-hydrogen) atoms. The van der Waals surface area contributed by atoms with Crippen LogP contribution in [0.3, 0.4) is 0 Å². The number of anilines is 1. The predicted molar refractivity (Wildman–Crippen MR) is 107 cm³/mol. The van der Waals surface area contributed by atoms with Crippen molar-refractivity contribution < 1.29 is 27.5 Å². The molecule has 0 atom stereocenters. The highest BCUT2D eigenvalue weighted by Crippen LogP contribution is 2.30. The Bertz CT molecular complexity index is 974. The van der Waals surface area contributed by atoms with E-state index >= 15 is 0 Å². The molecule has 0 saturated heterocycles. The number of carbonyl (C=O) groups excluding carboxylic acids is 2. The molecule has 0 aliphatic heterocycles. The third kappa shape index (κ3) is 6.47.